The highest BCUT2D eigenvalue weighted by Crippen LogP contribution is 2.36. The number of fused-ring (bicyclic) bond motifs is 1. The van der Waals surface area contributed by atoms with Crippen LogP contribution < -0.4 is 5.32 Å². The number of halogens is 1. The van der Waals surface area contributed by atoms with Crippen LogP contribution in [0, 0.1) is 5.82 Å². The van der Waals surface area contributed by atoms with Gasteiger partial charge in [0, 0.05) is 30.0 Å². The lowest BCUT2D eigenvalue weighted by Crippen LogP contribution is -2.18. The molecule has 0 aliphatic carbocycles. The largest absolute Gasteiger partial charge is 0.455 e. The number of rotatable bonds is 7. The Morgan fingerprint density at radius 1 is 0.707 bits per heavy atom. The van der Waals surface area contributed by atoms with Crippen LogP contribution in [-0.2, 0) is 6.42 Å². The van der Waals surface area contributed by atoms with E-state index in [-0.39, 0.29) is 23.9 Å². The van der Waals surface area contributed by atoms with Gasteiger partial charge in [-0.2, -0.15) is 0 Å². The smallest absolute Gasteiger partial charge is 0.255 e. The molecule has 0 saturated carbocycles. The van der Waals surface area contributed by atoms with Gasteiger partial charge in [0.1, 0.15) is 17.2 Å². The molecule has 1 heterocycles. The van der Waals surface area contributed by atoms with E-state index in [0.29, 0.717) is 33.4 Å². The monoisotopic (exact) mass is 539 g/mol. The Kier molecular flexibility index (Phi) is 7.00. The van der Waals surface area contributed by atoms with Crippen molar-refractivity contribution in [2.75, 3.05) is 7.05 Å². The van der Waals surface area contributed by atoms with E-state index >= 15 is 0 Å². The van der Waals surface area contributed by atoms with E-state index < -0.39 is 0 Å². The number of carbonyl (C=O) groups is 2. The SMILES string of the molecule is CNC(=O)c1c(-c2ccc(F)cc2)oc2ccc(-c3cccc(C(=O)Cc4ccccc4-c4ccccc4)c3)cc12. The molecule has 0 atom stereocenters. The summed E-state index contributed by atoms with van der Waals surface area (Å²) in [6.07, 6.45) is 0.275. The number of hydrogen-bond donors (Lipinski definition) is 1. The first-order valence-electron chi connectivity index (χ1n) is 13.3. The van der Waals surface area contributed by atoms with Gasteiger partial charge in [0.05, 0.1) is 5.56 Å². The summed E-state index contributed by atoms with van der Waals surface area (Å²) >= 11 is 0. The van der Waals surface area contributed by atoms with Crippen LogP contribution in [0.2, 0.25) is 0 Å². The van der Waals surface area contributed by atoms with Crippen LogP contribution in [0.1, 0.15) is 26.3 Å². The lowest BCUT2D eigenvalue weighted by molar-refractivity contribution is 0.0962. The fraction of sp³-hybridized carbons (Fsp3) is 0.0556. The number of carbonyl (C=O) groups excluding carboxylic acids is 2. The average Bonchev–Trinajstić information content (AvgIpc) is 3.40. The predicted molar refractivity (Wildman–Crippen MR) is 160 cm³/mol. The molecular weight excluding hydrogens is 513 g/mol. The third-order valence-electron chi connectivity index (χ3n) is 7.22. The summed E-state index contributed by atoms with van der Waals surface area (Å²) in [6.45, 7) is 0. The minimum atomic E-state index is -0.369. The first kappa shape index (κ1) is 26.0. The van der Waals surface area contributed by atoms with Gasteiger partial charge in [-0.15, -0.1) is 0 Å². The van der Waals surface area contributed by atoms with Gasteiger partial charge < -0.3 is 9.73 Å². The molecule has 0 spiro atoms. The standard InChI is InChI=1S/C36H26FNO3/c1-38-36(40)34-31-21-26(16-19-33(31)41-35(34)24-14-17-29(37)18-15-24)25-11-7-12-28(20-25)32(39)22-27-10-5-6-13-30(27)23-8-3-2-4-9-23/h2-21H,22H2,1H3,(H,38,40). The van der Waals surface area contributed by atoms with Crippen LogP contribution in [0.5, 0.6) is 0 Å². The molecule has 1 amide bonds. The molecule has 6 aromatic rings. The second-order valence-corrected chi connectivity index (χ2v) is 9.81. The minimum Gasteiger partial charge on any atom is -0.455 e. The molecular formula is C36H26FNO3. The Morgan fingerprint density at radius 3 is 2.17 bits per heavy atom. The summed E-state index contributed by atoms with van der Waals surface area (Å²) in [5.41, 5.74) is 6.90. The number of hydrogen-bond acceptors (Lipinski definition) is 3. The van der Waals surface area contributed by atoms with E-state index in [2.05, 4.69) is 5.32 Å². The quantitative estimate of drug-likeness (QED) is 0.207. The van der Waals surface area contributed by atoms with Crippen molar-refractivity contribution in [3.8, 4) is 33.6 Å². The number of ketones is 1. The molecule has 0 radical (unpaired) electrons. The highest BCUT2D eigenvalue weighted by molar-refractivity contribution is 6.12. The molecule has 0 saturated heterocycles. The summed E-state index contributed by atoms with van der Waals surface area (Å²) < 4.78 is 19.6. The van der Waals surface area contributed by atoms with Crippen molar-refractivity contribution in [2.24, 2.45) is 0 Å². The van der Waals surface area contributed by atoms with Crippen molar-refractivity contribution >= 4 is 22.7 Å². The molecule has 4 nitrogen and oxygen atoms in total. The van der Waals surface area contributed by atoms with Gasteiger partial charge in [-0.05, 0) is 70.3 Å². The summed E-state index contributed by atoms with van der Waals surface area (Å²) in [7, 11) is 1.56. The Morgan fingerprint density at radius 2 is 1.39 bits per heavy atom. The molecule has 1 aromatic heterocycles. The molecule has 0 bridgehead atoms. The van der Waals surface area contributed by atoms with E-state index in [9.17, 15) is 14.0 Å². The Hall–Kier alpha value is -5.29. The summed E-state index contributed by atoms with van der Waals surface area (Å²) in [6, 6.07) is 37.0. The van der Waals surface area contributed by atoms with Crippen LogP contribution in [0.3, 0.4) is 0 Å². The molecule has 0 unspecified atom stereocenters. The summed E-state index contributed by atoms with van der Waals surface area (Å²) in [4.78, 5) is 26.4. The van der Waals surface area contributed by atoms with Crippen LogP contribution in [0.4, 0.5) is 4.39 Å². The fourth-order valence-electron chi connectivity index (χ4n) is 5.15. The maximum Gasteiger partial charge on any atom is 0.255 e. The van der Waals surface area contributed by atoms with Gasteiger partial charge >= 0.3 is 0 Å². The van der Waals surface area contributed by atoms with Gasteiger partial charge in [0.25, 0.3) is 5.91 Å². The molecule has 1 N–H and O–H groups in total. The maximum absolute atomic E-state index is 13.5. The fourth-order valence-corrected chi connectivity index (χ4v) is 5.15. The maximum atomic E-state index is 13.5. The topological polar surface area (TPSA) is 59.3 Å². The lowest BCUT2D eigenvalue weighted by atomic mass is 9.93. The second kappa shape index (κ2) is 11.1. The number of furan rings is 1. The molecule has 0 aliphatic heterocycles. The van der Waals surface area contributed by atoms with E-state index in [1.807, 2.05) is 97.1 Å². The molecule has 200 valence electrons. The predicted octanol–water partition coefficient (Wildman–Crippen LogP) is 8.36. The Balaban J connectivity index is 1.35. The van der Waals surface area contributed by atoms with E-state index in [0.717, 1.165) is 27.8 Å². The van der Waals surface area contributed by atoms with Crippen molar-refractivity contribution in [1.82, 2.24) is 5.32 Å². The number of amides is 1. The van der Waals surface area contributed by atoms with Gasteiger partial charge in [-0.25, -0.2) is 4.39 Å². The zero-order valence-corrected chi connectivity index (χ0v) is 22.4. The average molecular weight is 540 g/mol. The van der Waals surface area contributed by atoms with E-state index in [4.69, 9.17) is 4.42 Å². The molecule has 5 aromatic carbocycles. The van der Waals surface area contributed by atoms with E-state index in [1.165, 1.54) is 12.1 Å². The van der Waals surface area contributed by atoms with Crippen molar-refractivity contribution in [3.05, 3.63) is 144 Å². The lowest BCUT2D eigenvalue weighted by Gasteiger charge is -2.10. The van der Waals surface area contributed by atoms with E-state index in [1.54, 1.807) is 19.2 Å². The van der Waals surface area contributed by atoms with Crippen molar-refractivity contribution in [3.63, 3.8) is 0 Å². The van der Waals surface area contributed by atoms with Gasteiger partial charge in [-0.3, -0.25) is 9.59 Å². The van der Waals surface area contributed by atoms with Crippen LogP contribution in [0.25, 0.3) is 44.5 Å². The van der Waals surface area contributed by atoms with Crippen molar-refractivity contribution < 1.29 is 18.4 Å². The highest BCUT2D eigenvalue weighted by atomic mass is 19.1. The molecule has 5 heteroatoms. The number of Topliss-reactive ketones (excluding diaryl/α,β-unsaturated/α-hetero) is 1. The van der Waals surface area contributed by atoms with Crippen LogP contribution in [-0.4, -0.2) is 18.7 Å². The normalized spacial score (nSPS) is 11.0. The third kappa shape index (κ3) is 5.18. The van der Waals surface area contributed by atoms with Gasteiger partial charge in [0.2, 0.25) is 0 Å². The highest BCUT2D eigenvalue weighted by Gasteiger charge is 2.22. The summed E-state index contributed by atoms with van der Waals surface area (Å²) in [5.74, 6) is -0.283. The number of nitrogens with one attached hydrogen (secondary N) is 1. The second-order valence-electron chi connectivity index (χ2n) is 9.81. The summed E-state index contributed by atoms with van der Waals surface area (Å²) in [5, 5.41) is 3.32. The zero-order valence-electron chi connectivity index (χ0n) is 22.4. The minimum absolute atomic E-state index is 0.0178. The van der Waals surface area contributed by atoms with Crippen LogP contribution >= 0.6 is 0 Å². The first-order valence-corrected chi connectivity index (χ1v) is 13.3. The molecule has 6 rings (SSSR count). The van der Waals surface area contributed by atoms with Crippen molar-refractivity contribution in [1.29, 1.82) is 0 Å². The first-order chi connectivity index (χ1) is 20.0. The van der Waals surface area contributed by atoms with Crippen molar-refractivity contribution in [2.45, 2.75) is 6.42 Å². The molecule has 41 heavy (non-hydrogen) atoms. The number of benzene rings is 5. The third-order valence-corrected chi connectivity index (χ3v) is 7.22. The molecule has 0 fully saturated rings. The zero-order chi connectivity index (χ0) is 28.3. The Labute approximate surface area is 237 Å². The van der Waals surface area contributed by atoms with Gasteiger partial charge in [0.15, 0.2) is 5.78 Å². The molecule has 0 aliphatic rings. The van der Waals surface area contributed by atoms with Crippen LogP contribution in [0.15, 0.2) is 126 Å². The van der Waals surface area contributed by atoms with Gasteiger partial charge in [-0.1, -0.05) is 78.9 Å². The Bertz CT molecular complexity index is 1890.